The largest absolute Gasteiger partial charge is 0.497 e. The number of methoxy groups -OCH3 is 1. The van der Waals surface area contributed by atoms with Gasteiger partial charge in [0.2, 0.25) is 0 Å². The van der Waals surface area contributed by atoms with Crippen molar-refractivity contribution in [2.75, 3.05) is 20.3 Å². The molecule has 4 nitrogen and oxygen atoms in total. The minimum Gasteiger partial charge on any atom is -0.497 e. The number of rotatable bonds is 8. The molecule has 1 N–H and O–H groups in total. The standard InChI is InChI=1S/C19H20F3NO3/c1-25-16-8-2-5-14(11-16)6-4-10-23-18(24)13-26-17-9-3-7-15(12-17)19(20,21)22/h2-3,5,7-9,11-12H,4,6,10,13H2,1H3,(H,23,24). The second-order valence-electron chi connectivity index (χ2n) is 5.62. The number of carbonyl (C=O) groups is 1. The molecular formula is C19H20F3NO3. The van der Waals surface area contributed by atoms with Crippen molar-refractivity contribution >= 4 is 5.91 Å². The number of carbonyl (C=O) groups excluding carboxylic acids is 1. The highest BCUT2D eigenvalue weighted by Crippen LogP contribution is 2.31. The average Bonchev–Trinajstić information content (AvgIpc) is 2.63. The van der Waals surface area contributed by atoms with Crippen LogP contribution in [0.1, 0.15) is 17.5 Å². The Balaban J connectivity index is 1.71. The molecule has 0 bridgehead atoms. The molecule has 0 aromatic heterocycles. The fourth-order valence-electron chi connectivity index (χ4n) is 2.31. The number of hydrogen-bond donors (Lipinski definition) is 1. The van der Waals surface area contributed by atoms with Gasteiger partial charge in [0.15, 0.2) is 6.61 Å². The Bertz CT molecular complexity index is 732. The van der Waals surface area contributed by atoms with Crippen LogP contribution in [0.25, 0.3) is 0 Å². The maximum atomic E-state index is 12.6. The minimum atomic E-state index is -4.44. The van der Waals surface area contributed by atoms with Crippen LogP contribution in [0.4, 0.5) is 13.2 Å². The monoisotopic (exact) mass is 367 g/mol. The molecule has 1 amide bonds. The van der Waals surface area contributed by atoms with E-state index in [0.29, 0.717) is 6.54 Å². The van der Waals surface area contributed by atoms with E-state index in [-0.39, 0.29) is 18.3 Å². The van der Waals surface area contributed by atoms with E-state index in [1.165, 1.54) is 12.1 Å². The number of hydrogen-bond acceptors (Lipinski definition) is 3. The zero-order valence-corrected chi connectivity index (χ0v) is 14.3. The summed E-state index contributed by atoms with van der Waals surface area (Å²) in [5.41, 5.74) is 0.285. The number of benzene rings is 2. The molecule has 0 unspecified atom stereocenters. The van der Waals surface area contributed by atoms with E-state index >= 15 is 0 Å². The zero-order chi connectivity index (χ0) is 19.0. The first kappa shape index (κ1) is 19.6. The Morgan fingerprint density at radius 3 is 2.54 bits per heavy atom. The summed E-state index contributed by atoms with van der Waals surface area (Å²) in [5.74, 6) is 0.403. The van der Waals surface area contributed by atoms with Crippen LogP contribution in [0.15, 0.2) is 48.5 Å². The maximum absolute atomic E-state index is 12.6. The van der Waals surface area contributed by atoms with E-state index in [9.17, 15) is 18.0 Å². The van der Waals surface area contributed by atoms with Crippen molar-refractivity contribution in [1.82, 2.24) is 5.32 Å². The summed E-state index contributed by atoms with van der Waals surface area (Å²) in [6.45, 7) is 0.114. The summed E-state index contributed by atoms with van der Waals surface area (Å²) < 4.78 is 48.1. The molecule has 26 heavy (non-hydrogen) atoms. The molecular weight excluding hydrogens is 347 g/mol. The number of alkyl halides is 3. The van der Waals surface area contributed by atoms with Gasteiger partial charge in [0.1, 0.15) is 11.5 Å². The molecule has 0 aliphatic heterocycles. The molecule has 0 atom stereocenters. The average molecular weight is 367 g/mol. The third-order valence-electron chi connectivity index (χ3n) is 3.63. The molecule has 0 aliphatic carbocycles. The fourth-order valence-corrected chi connectivity index (χ4v) is 2.31. The SMILES string of the molecule is COc1cccc(CCCNC(=O)COc2cccc(C(F)(F)F)c2)c1. The quantitative estimate of drug-likeness (QED) is 0.721. The Labute approximate surface area is 149 Å². The molecule has 2 aromatic carbocycles. The highest BCUT2D eigenvalue weighted by atomic mass is 19.4. The summed E-state index contributed by atoms with van der Waals surface area (Å²) in [5, 5.41) is 2.68. The highest BCUT2D eigenvalue weighted by Gasteiger charge is 2.30. The first-order chi connectivity index (χ1) is 12.4. The molecule has 2 aromatic rings. The molecule has 0 radical (unpaired) electrons. The van der Waals surface area contributed by atoms with Gasteiger partial charge in [-0.2, -0.15) is 13.2 Å². The Morgan fingerprint density at radius 1 is 1.08 bits per heavy atom. The molecule has 7 heteroatoms. The molecule has 0 aliphatic rings. The van der Waals surface area contributed by atoms with Crippen molar-refractivity contribution < 1.29 is 27.4 Å². The number of ether oxygens (including phenoxy) is 2. The normalized spacial score (nSPS) is 11.1. The van der Waals surface area contributed by atoms with Gasteiger partial charge in [0.25, 0.3) is 5.91 Å². The number of aryl methyl sites for hydroxylation is 1. The van der Waals surface area contributed by atoms with Crippen LogP contribution >= 0.6 is 0 Å². The van der Waals surface area contributed by atoms with E-state index < -0.39 is 11.7 Å². The van der Waals surface area contributed by atoms with E-state index in [0.717, 1.165) is 36.3 Å². The zero-order valence-electron chi connectivity index (χ0n) is 14.3. The summed E-state index contributed by atoms with van der Waals surface area (Å²) in [7, 11) is 1.60. The van der Waals surface area contributed by atoms with Gasteiger partial charge in [-0.05, 0) is 48.7 Å². The van der Waals surface area contributed by atoms with E-state index in [1.807, 2.05) is 24.3 Å². The van der Waals surface area contributed by atoms with Gasteiger partial charge >= 0.3 is 6.18 Å². The third kappa shape index (κ3) is 6.31. The van der Waals surface area contributed by atoms with E-state index in [2.05, 4.69) is 5.32 Å². The van der Waals surface area contributed by atoms with Crippen LogP contribution in [0.2, 0.25) is 0 Å². The van der Waals surface area contributed by atoms with Crippen molar-refractivity contribution in [3.8, 4) is 11.5 Å². The molecule has 0 spiro atoms. The Kier molecular flexibility index (Phi) is 6.89. The van der Waals surface area contributed by atoms with Gasteiger partial charge in [0, 0.05) is 6.54 Å². The highest BCUT2D eigenvalue weighted by molar-refractivity contribution is 5.77. The smallest absolute Gasteiger partial charge is 0.416 e. The lowest BCUT2D eigenvalue weighted by Crippen LogP contribution is -2.29. The minimum absolute atomic E-state index is 0.00588. The molecule has 0 saturated carbocycles. The van der Waals surface area contributed by atoms with Crippen LogP contribution in [0, 0.1) is 0 Å². The van der Waals surface area contributed by atoms with Crippen molar-refractivity contribution in [2.45, 2.75) is 19.0 Å². The van der Waals surface area contributed by atoms with Gasteiger partial charge in [-0.25, -0.2) is 0 Å². The molecule has 0 fully saturated rings. The third-order valence-corrected chi connectivity index (χ3v) is 3.63. The maximum Gasteiger partial charge on any atom is 0.416 e. The first-order valence-corrected chi connectivity index (χ1v) is 8.08. The van der Waals surface area contributed by atoms with Gasteiger partial charge in [-0.3, -0.25) is 4.79 Å². The van der Waals surface area contributed by atoms with Gasteiger partial charge in [-0.15, -0.1) is 0 Å². The summed E-state index contributed by atoms with van der Waals surface area (Å²) in [6, 6.07) is 12.1. The molecule has 0 saturated heterocycles. The fraction of sp³-hybridized carbons (Fsp3) is 0.316. The lowest BCUT2D eigenvalue weighted by molar-refractivity contribution is -0.137. The lowest BCUT2D eigenvalue weighted by Gasteiger charge is -2.10. The molecule has 2 rings (SSSR count). The predicted octanol–water partition coefficient (Wildman–Crippen LogP) is 3.84. The molecule has 140 valence electrons. The number of nitrogens with one attached hydrogen (secondary N) is 1. The lowest BCUT2D eigenvalue weighted by atomic mass is 10.1. The van der Waals surface area contributed by atoms with Crippen molar-refractivity contribution in [3.05, 3.63) is 59.7 Å². The Morgan fingerprint density at radius 2 is 1.81 bits per heavy atom. The van der Waals surface area contributed by atoms with Crippen molar-refractivity contribution in [3.63, 3.8) is 0 Å². The van der Waals surface area contributed by atoms with Crippen LogP contribution in [0.5, 0.6) is 11.5 Å². The molecule has 0 heterocycles. The number of amides is 1. The second kappa shape index (κ2) is 9.12. The van der Waals surface area contributed by atoms with Crippen LogP contribution in [-0.4, -0.2) is 26.2 Å². The topological polar surface area (TPSA) is 47.6 Å². The van der Waals surface area contributed by atoms with E-state index in [4.69, 9.17) is 9.47 Å². The number of halogens is 3. The van der Waals surface area contributed by atoms with Gasteiger partial charge < -0.3 is 14.8 Å². The summed E-state index contributed by atoms with van der Waals surface area (Å²) in [6.07, 6.45) is -2.95. The summed E-state index contributed by atoms with van der Waals surface area (Å²) >= 11 is 0. The van der Waals surface area contributed by atoms with Crippen LogP contribution in [-0.2, 0) is 17.4 Å². The van der Waals surface area contributed by atoms with Gasteiger partial charge in [-0.1, -0.05) is 18.2 Å². The van der Waals surface area contributed by atoms with Crippen LogP contribution in [0.3, 0.4) is 0 Å². The van der Waals surface area contributed by atoms with Crippen LogP contribution < -0.4 is 14.8 Å². The Hall–Kier alpha value is -2.70. The van der Waals surface area contributed by atoms with Gasteiger partial charge in [0.05, 0.1) is 12.7 Å². The first-order valence-electron chi connectivity index (χ1n) is 8.08. The van der Waals surface area contributed by atoms with E-state index in [1.54, 1.807) is 7.11 Å². The second-order valence-corrected chi connectivity index (χ2v) is 5.62. The van der Waals surface area contributed by atoms with Crippen molar-refractivity contribution in [1.29, 1.82) is 0 Å². The predicted molar refractivity (Wildman–Crippen MR) is 91.3 cm³/mol. The summed E-state index contributed by atoms with van der Waals surface area (Å²) in [4.78, 5) is 11.7. The van der Waals surface area contributed by atoms with Crippen molar-refractivity contribution in [2.24, 2.45) is 0 Å².